The van der Waals surface area contributed by atoms with Gasteiger partial charge in [-0.1, -0.05) is 125 Å². The van der Waals surface area contributed by atoms with Gasteiger partial charge in [0.05, 0.1) is 0 Å². The van der Waals surface area contributed by atoms with E-state index in [1.54, 1.807) is 19.5 Å². The van der Waals surface area contributed by atoms with Crippen LogP contribution in [-0.2, 0) is 24.7 Å². The Kier molecular flexibility index (Phi) is 31.5. The van der Waals surface area contributed by atoms with Gasteiger partial charge >= 0.3 is 0 Å². The highest BCUT2D eigenvalue weighted by Crippen LogP contribution is 2.42. The van der Waals surface area contributed by atoms with Gasteiger partial charge in [0.25, 0.3) is 0 Å². The summed E-state index contributed by atoms with van der Waals surface area (Å²) in [5.41, 5.74) is 9.26. The van der Waals surface area contributed by atoms with Crippen molar-refractivity contribution in [3.63, 3.8) is 0 Å². The zero-order valence-electron chi connectivity index (χ0n) is 47.9. The van der Waals surface area contributed by atoms with E-state index in [1.807, 2.05) is 183 Å². The summed E-state index contributed by atoms with van der Waals surface area (Å²) < 4.78 is 14.8. The van der Waals surface area contributed by atoms with Gasteiger partial charge in [-0.15, -0.1) is 113 Å². The largest absolute Gasteiger partial charge is 0.143 e. The van der Waals surface area contributed by atoms with Gasteiger partial charge in [0, 0.05) is 76.3 Å². The monoisotopic (exact) mass is 1130 g/mol. The molecular formula is C60H90S10. The molecular weight excluding hydrogens is 1040 g/mol. The molecule has 0 spiro atoms. The first kappa shape index (κ1) is 66.3. The van der Waals surface area contributed by atoms with Gasteiger partial charge < -0.3 is 0 Å². The van der Waals surface area contributed by atoms with Crippen LogP contribution in [0.5, 0.6) is 0 Å². The molecule has 0 aromatic carbocycles. The van der Waals surface area contributed by atoms with Crippen molar-refractivity contribution in [3.05, 3.63) is 108 Å². The van der Waals surface area contributed by atoms with Crippen molar-refractivity contribution < 1.29 is 0 Å². The third-order valence-electron chi connectivity index (χ3n) is 10.6. The Hall–Kier alpha value is -1.70. The van der Waals surface area contributed by atoms with Gasteiger partial charge in [0.15, 0.2) is 0 Å². The maximum atomic E-state index is 2.30. The fourth-order valence-electron chi connectivity index (χ4n) is 7.47. The van der Waals surface area contributed by atoms with Crippen LogP contribution in [0.3, 0.4) is 0 Å². The third-order valence-corrected chi connectivity index (χ3v) is 24.3. The molecule has 70 heavy (non-hydrogen) atoms. The lowest BCUT2D eigenvalue weighted by Crippen LogP contribution is -2.09. The van der Waals surface area contributed by atoms with E-state index in [9.17, 15) is 0 Å². The summed E-state index contributed by atoms with van der Waals surface area (Å²) in [5.74, 6) is 0.676. The minimum Gasteiger partial charge on any atom is -0.143 e. The molecule has 390 valence electrons. The summed E-state index contributed by atoms with van der Waals surface area (Å²) in [7, 11) is 0. The second kappa shape index (κ2) is 33.3. The number of hydrogen-bond donors (Lipinski definition) is 0. The Balaban J connectivity index is 0.000000418. The van der Waals surface area contributed by atoms with Gasteiger partial charge in [-0.05, 0) is 158 Å². The number of fused-ring (bicyclic) bond motifs is 5. The first-order valence-corrected chi connectivity index (χ1v) is 34.2. The first-order chi connectivity index (χ1) is 33.5. The lowest BCUT2D eigenvalue weighted by molar-refractivity contribution is 0.601. The third kappa shape index (κ3) is 16.9. The molecule has 10 aromatic heterocycles. The van der Waals surface area contributed by atoms with Crippen LogP contribution in [0.2, 0.25) is 0 Å². The zero-order valence-corrected chi connectivity index (χ0v) is 56.1. The van der Waals surface area contributed by atoms with Crippen molar-refractivity contribution in [1.29, 1.82) is 0 Å². The van der Waals surface area contributed by atoms with E-state index in [0.717, 1.165) is 0 Å². The highest BCUT2D eigenvalue weighted by molar-refractivity contribution is 7.29. The van der Waals surface area contributed by atoms with Crippen molar-refractivity contribution >= 4 is 160 Å². The Labute approximate surface area is 467 Å². The van der Waals surface area contributed by atoms with Crippen LogP contribution in [0, 0.1) is 48.5 Å². The average Bonchev–Trinajstić information content (AvgIpc) is 4.23. The molecule has 0 radical (unpaired) electrons. The van der Waals surface area contributed by atoms with Crippen molar-refractivity contribution in [2.75, 3.05) is 0 Å². The van der Waals surface area contributed by atoms with E-state index >= 15 is 0 Å². The van der Waals surface area contributed by atoms with Gasteiger partial charge in [0.1, 0.15) is 0 Å². The molecule has 10 heterocycles. The summed E-state index contributed by atoms with van der Waals surface area (Å²) >= 11 is 19.2. The maximum Gasteiger partial charge on any atom is 0.0485 e. The zero-order chi connectivity index (χ0) is 53.6. The van der Waals surface area contributed by atoms with E-state index in [2.05, 4.69) is 150 Å². The van der Waals surface area contributed by atoms with E-state index in [1.165, 1.54) is 109 Å². The molecule has 0 N–H and O–H groups in total. The van der Waals surface area contributed by atoms with Crippen LogP contribution in [0.25, 0.3) is 47.0 Å². The summed E-state index contributed by atoms with van der Waals surface area (Å²) in [5, 5.41) is 8.79. The van der Waals surface area contributed by atoms with Crippen LogP contribution < -0.4 is 0 Å². The molecule has 0 amide bonds. The molecule has 10 aromatic rings. The molecule has 0 unspecified atom stereocenters. The lowest BCUT2D eigenvalue weighted by Gasteiger charge is -2.17. The van der Waals surface area contributed by atoms with E-state index in [-0.39, 0.29) is 0 Å². The minimum absolute atomic E-state index is 0.299. The van der Waals surface area contributed by atoms with Gasteiger partial charge in [-0.25, -0.2) is 0 Å². The van der Waals surface area contributed by atoms with Gasteiger partial charge in [0.2, 0.25) is 0 Å². The second-order valence-electron chi connectivity index (χ2n) is 16.5. The molecule has 10 rings (SSSR count). The number of aryl methyl sites for hydroxylation is 10. The molecule has 0 nitrogen and oxygen atoms in total. The average molecular weight is 1130 g/mol. The molecule has 0 saturated carbocycles. The quantitative estimate of drug-likeness (QED) is 0.165. The predicted molar refractivity (Wildman–Crippen MR) is 349 cm³/mol. The standard InChI is InChI=1S/C11H14S2.3C10H12S2.C9H10S2.5C2H6/c1-7-9-8(5-6-12-9)13-10(7)11(2,3)4;1-6(2)9-7(3)10-8(12-9)4-5-11-10;1-4-8-7(3)10-9(12-8)6(2)5-11-10;1-4-8-7(3)10-9(12-8)5-6(2)11-10;1-3-7-6(2)9-8(11-7)4-5-10-9;5*1-2/h5-6H,1-4H3;4-6H,1-3H3;2*5H,4H2,1-3H3;4-5H,3H2,1-2H3;5*1-2H3. The van der Waals surface area contributed by atoms with E-state index < -0.39 is 0 Å². The Morgan fingerprint density at radius 2 is 0.814 bits per heavy atom. The molecule has 10 heteroatoms. The Bertz CT molecular complexity index is 2930. The molecule has 0 aliphatic heterocycles. The maximum absolute atomic E-state index is 2.30. The number of thiophene rings is 10. The van der Waals surface area contributed by atoms with Gasteiger partial charge in [-0.2, -0.15) is 0 Å². The summed E-state index contributed by atoms with van der Waals surface area (Å²) in [6.07, 6.45) is 3.53. The summed E-state index contributed by atoms with van der Waals surface area (Å²) in [6, 6.07) is 8.98. The molecule has 0 fully saturated rings. The van der Waals surface area contributed by atoms with E-state index in [0.29, 0.717) is 11.3 Å². The topological polar surface area (TPSA) is 0 Å². The van der Waals surface area contributed by atoms with Crippen LogP contribution in [0.4, 0.5) is 0 Å². The van der Waals surface area contributed by atoms with Crippen molar-refractivity contribution in [2.45, 2.75) is 204 Å². The smallest absolute Gasteiger partial charge is 0.0485 e. The molecule has 0 bridgehead atoms. The Morgan fingerprint density at radius 3 is 1.21 bits per heavy atom. The highest BCUT2D eigenvalue weighted by Gasteiger charge is 2.21. The number of rotatable bonds is 4. The van der Waals surface area contributed by atoms with Crippen molar-refractivity contribution in [2.24, 2.45) is 0 Å². The lowest BCUT2D eigenvalue weighted by atomic mass is 9.92. The summed E-state index contributed by atoms with van der Waals surface area (Å²) in [4.78, 5) is 9.18. The van der Waals surface area contributed by atoms with Crippen molar-refractivity contribution in [1.82, 2.24) is 0 Å². The number of hydrogen-bond acceptors (Lipinski definition) is 10. The van der Waals surface area contributed by atoms with Gasteiger partial charge in [-0.3, -0.25) is 0 Å². The van der Waals surface area contributed by atoms with Crippen LogP contribution in [0.1, 0.15) is 193 Å². The fraction of sp³-hybridized carbons (Fsp3) is 0.500. The van der Waals surface area contributed by atoms with Crippen molar-refractivity contribution in [3.8, 4) is 0 Å². The molecule has 0 aliphatic carbocycles. The molecule has 0 saturated heterocycles. The first-order valence-electron chi connectivity index (χ1n) is 25.8. The highest BCUT2D eigenvalue weighted by atomic mass is 32.1. The predicted octanol–water partition coefficient (Wildman–Crippen LogP) is 26.2. The second-order valence-corrected chi connectivity index (χ2v) is 26.9. The normalized spacial score (nSPS) is 10.4. The molecule has 0 atom stereocenters. The van der Waals surface area contributed by atoms with Crippen LogP contribution >= 0.6 is 113 Å². The Morgan fingerprint density at radius 1 is 0.414 bits per heavy atom. The molecule has 0 aliphatic rings. The SMILES string of the molecule is CC.CC.CC.CC.CC.CCc1sc2c(C)csc2c1C.CCc1sc2cc(C)sc2c1C.CCc1sc2ccsc2c1C.Cc1c(C(C)(C)C)sc2ccsc12.Cc1c(C(C)C)sc2ccsc12. The fourth-order valence-corrected chi connectivity index (χ4v) is 19.5. The summed E-state index contributed by atoms with van der Waals surface area (Å²) in [6.45, 7) is 53.7. The minimum atomic E-state index is 0.299. The van der Waals surface area contributed by atoms with Crippen LogP contribution in [0.15, 0.2) is 45.8 Å². The van der Waals surface area contributed by atoms with Crippen LogP contribution in [-0.4, -0.2) is 0 Å². The van der Waals surface area contributed by atoms with E-state index in [4.69, 9.17) is 0 Å².